The zero-order valence-corrected chi connectivity index (χ0v) is 22.9. The number of carbonyl (C=O) groups is 3. The molecule has 3 aliphatic carbocycles. The Morgan fingerprint density at radius 1 is 1.18 bits per heavy atom. The molecule has 12 atom stereocenters. The van der Waals surface area contributed by atoms with Gasteiger partial charge in [-0.05, 0) is 24.8 Å². The Labute approximate surface area is 226 Å². The van der Waals surface area contributed by atoms with Crippen LogP contribution < -0.4 is 0 Å². The number of fused-ring (bicyclic) bond motifs is 2. The zero-order valence-electron chi connectivity index (χ0n) is 22.9. The number of carbonyl (C=O) groups excluding carboxylic acids is 3. The van der Waals surface area contributed by atoms with Gasteiger partial charge < -0.3 is 33.2 Å². The van der Waals surface area contributed by atoms with Gasteiger partial charge in [0, 0.05) is 47.0 Å². The third-order valence-electron chi connectivity index (χ3n) is 11.9. The highest BCUT2D eigenvalue weighted by molar-refractivity contribution is 5.72. The van der Waals surface area contributed by atoms with Gasteiger partial charge in [0.2, 0.25) is 0 Å². The standard InChI is InChI=1S/C29H36O10/c1-14(30)37-23-21-24-28(39-24)16(27(4)17(10-19(31)34-5)26(23,3)13-36-29(21,27)33)6-8-25(2)18(28)11-20(32)38-22(25)15-7-9-35-12-15/h7,9,12,16-18,21-24,33H,6,8,10-11,13H2,1-5H3. The third kappa shape index (κ3) is 2.80. The highest BCUT2D eigenvalue weighted by atomic mass is 16.7. The Balaban J connectivity index is 1.40. The predicted molar refractivity (Wildman–Crippen MR) is 130 cm³/mol. The molecule has 0 radical (unpaired) electrons. The van der Waals surface area contributed by atoms with E-state index < -0.39 is 69.7 Å². The summed E-state index contributed by atoms with van der Waals surface area (Å²) in [6, 6.07) is 1.83. The Morgan fingerprint density at radius 3 is 2.62 bits per heavy atom. The molecule has 1 spiro atoms. The number of cyclic esters (lactones) is 1. The predicted octanol–water partition coefficient (Wildman–Crippen LogP) is 2.92. The molecule has 1 aromatic heterocycles. The van der Waals surface area contributed by atoms with Crippen molar-refractivity contribution >= 4 is 17.9 Å². The summed E-state index contributed by atoms with van der Waals surface area (Å²) in [4.78, 5) is 38.4. The first kappa shape index (κ1) is 25.5. The van der Waals surface area contributed by atoms with Crippen molar-refractivity contribution in [3.8, 4) is 0 Å². The molecule has 10 nitrogen and oxygen atoms in total. The van der Waals surface area contributed by atoms with Crippen molar-refractivity contribution in [2.45, 2.75) is 83.1 Å². The Morgan fingerprint density at radius 2 is 1.95 bits per heavy atom. The fourth-order valence-electron chi connectivity index (χ4n) is 10.3. The van der Waals surface area contributed by atoms with Gasteiger partial charge in [-0.2, -0.15) is 0 Å². The summed E-state index contributed by atoms with van der Waals surface area (Å²) < 4.78 is 35.5. The number of methoxy groups -OCH3 is 1. The Hall–Kier alpha value is -2.43. The number of ether oxygens (including phenoxy) is 5. The molecule has 4 bridgehead atoms. The van der Waals surface area contributed by atoms with E-state index in [0.29, 0.717) is 12.8 Å². The van der Waals surface area contributed by atoms with Crippen LogP contribution in [0, 0.1) is 39.9 Å². The van der Waals surface area contributed by atoms with Gasteiger partial charge in [-0.25, -0.2) is 0 Å². The lowest BCUT2D eigenvalue weighted by molar-refractivity contribution is -0.446. The fourth-order valence-corrected chi connectivity index (χ4v) is 10.3. The largest absolute Gasteiger partial charge is 0.472 e. The second-order valence-corrected chi connectivity index (χ2v) is 13.3. The molecule has 7 fully saturated rings. The third-order valence-corrected chi connectivity index (χ3v) is 11.9. The van der Waals surface area contributed by atoms with Crippen LogP contribution in [0.25, 0.3) is 0 Å². The maximum Gasteiger partial charge on any atom is 0.306 e. The molecule has 1 aromatic rings. The number of hydrogen-bond acceptors (Lipinski definition) is 10. The van der Waals surface area contributed by atoms with Crippen LogP contribution in [0.5, 0.6) is 0 Å². The van der Waals surface area contributed by atoms with Gasteiger partial charge in [0.15, 0.2) is 5.79 Å². The van der Waals surface area contributed by atoms with E-state index in [4.69, 9.17) is 28.1 Å². The van der Waals surface area contributed by atoms with Gasteiger partial charge in [0.05, 0.1) is 44.7 Å². The summed E-state index contributed by atoms with van der Waals surface area (Å²) in [6.45, 7) is 7.61. The molecule has 4 saturated heterocycles. The number of aliphatic hydroxyl groups is 1. The quantitative estimate of drug-likeness (QED) is 0.343. The molecule has 1 N–H and O–H groups in total. The van der Waals surface area contributed by atoms with Crippen LogP contribution in [-0.4, -0.2) is 60.3 Å². The van der Waals surface area contributed by atoms with Crippen molar-refractivity contribution in [3.63, 3.8) is 0 Å². The zero-order chi connectivity index (χ0) is 27.8. The number of furan rings is 1. The van der Waals surface area contributed by atoms with E-state index >= 15 is 0 Å². The van der Waals surface area contributed by atoms with E-state index in [1.54, 1.807) is 12.5 Å². The normalized spacial score (nSPS) is 52.6. The minimum absolute atomic E-state index is 0.0402. The van der Waals surface area contributed by atoms with Gasteiger partial charge in [0.25, 0.3) is 0 Å². The molecule has 12 unspecified atom stereocenters. The highest BCUT2D eigenvalue weighted by Crippen LogP contribution is 2.82. The van der Waals surface area contributed by atoms with Crippen LogP contribution in [0.3, 0.4) is 0 Å². The van der Waals surface area contributed by atoms with Gasteiger partial charge in [-0.3, -0.25) is 14.4 Å². The van der Waals surface area contributed by atoms with Gasteiger partial charge in [0.1, 0.15) is 17.8 Å². The first-order chi connectivity index (χ1) is 18.4. The molecule has 8 rings (SSSR count). The molecule has 39 heavy (non-hydrogen) atoms. The summed E-state index contributed by atoms with van der Waals surface area (Å²) in [5.41, 5.74) is -2.11. The summed E-state index contributed by atoms with van der Waals surface area (Å²) in [6.07, 6.45) is 3.09. The van der Waals surface area contributed by atoms with Crippen LogP contribution in [0.1, 0.15) is 65.0 Å². The summed E-state index contributed by atoms with van der Waals surface area (Å²) in [7, 11) is 1.35. The molecule has 7 aliphatic rings. The molecular weight excluding hydrogens is 508 g/mol. The second-order valence-electron chi connectivity index (χ2n) is 13.3. The van der Waals surface area contributed by atoms with Crippen molar-refractivity contribution in [1.82, 2.24) is 0 Å². The van der Waals surface area contributed by atoms with Crippen LogP contribution in [0.2, 0.25) is 0 Å². The number of esters is 3. The average molecular weight is 545 g/mol. The summed E-state index contributed by atoms with van der Waals surface area (Å²) in [5.74, 6) is -4.39. The number of hydrogen-bond donors (Lipinski definition) is 1. The van der Waals surface area contributed by atoms with Crippen LogP contribution in [-0.2, 0) is 38.1 Å². The number of rotatable bonds is 4. The Kier molecular flexibility index (Phi) is 5.00. The second kappa shape index (κ2) is 7.64. The van der Waals surface area contributed by atoms with E-state index in [0.717, 1.165) is 5.56 Å². The highest BCUT2D eigenvalue weighted by Gasteiger charge is 2.91. The molecule has 0 aromatic carbocycles. The van der Waals surface area contributed by atoms with E-state index in [1.165, 1.54) is 14.0 Å². The molecule has 212 valence electrons. The van der Waals surface area contributed by atoms with Crippen molar-refractivity contribution < 1.29 is 47.6 Å². The molecule has 3 saturated carbocycles. The first-order valence-electron chi connectivity index (χ1n) is 13.9. The minimum Gasteiger partial charge on any atom is -0.472 e. The smallest absolute Gasteiger partial charge is 0.306 e. The molecule has 10 heteroatoms. The molecule has 0 amide bonds. The van der Waals surface area contributed by atoms with Crippen molar-refractivity contribution in [2.75, 3.05) is 13.7 Å². The lowest BCUT2D eigenvalue weighted by atomic mass is 9.34. The topological polar surface area (TPSA) is 134 Å². The van der Waals surface area contributed by atoms with Crippen molar-refractivity contribution in [3.05, 3.63) is 24.2 Å². The summed E-state index contributed by atoms with van der Waals surface area (Å²) >= 11 is 0. The van der Waals surface area contributed by atoms with Gasteiger partial charge >= 0.3 is 17.9 Å². The van der Waals surface area contributed by atoms with Crippen molar-refractivity contribution in [2.24, 2.45) is 39.9 Å². The van der Waals surface area contributed by atoms with E-state index in [9.17, 15) is 19.5 Å². The monoisotopic (exact) mass is 544 g/mol. The summed E-state index contributed by atoms with van der Waals surface area (Å²) in [5, 5.41) is 12.5. The first-order valence-corrected chi connectivity index (χ1v) is 13.9. The van der Waals surface area contributed by atoms with Crippen LogP contribution in [0.15, 0.2) is 23.0 Å². The number of epoxide rings is 1. The lowest BCUT2D eigenvalue weighted by Crippen LogP contribution is -2.83. The molecule has 5 heterocycles. The maximum atomic E-state index is 13.1. The van der Waals surface area contributed by atoms with Crippen LogP contribution in [0.4, 0.5) is 0 Å². The Bertz CT molecular complexity index is 1240. The van der Waals surface area contributed by atoms with Gasteiger partial charge in [-0.1, -0.05) is 20.8 Å². The lowest BCUT2D eigenvalue weighted by Gasteiger charge is -2.74. The molecule has 4 aliphatic heterocycles. The fraction of sp³-hybridized carbons (Fsp3) is 0.759. The SMILES string of the molecule is COC(=O)CC1C2(C)COC3(O)C(C2OC(C)=O)C2OC24C2CC(=O)OC(c5ccoc5)C2(C)CCC4C13C. The average Bonchev–Trinajstić information content (AvgIpc) is 3.33. The van der Waals surface area contributed by atoms with E-state index in [1.807, 2.05) is 19.9 Å². The van der Waals surface area contributed by atoms with Gasteiger partial charge in [-0.15, -0.1) is 0 Å². The van der Waals surface area contributed by atoms with Crippen LogP contribution >= 0.6 is 0 Å². The van der Waals surface area contributed by atoms with E-state index in [-0.39, 0.29) is 37.3 Å². The minimum atomic E-state index is -1.69. The molecular formula is C29H36O10. The van der Waals surface area contributed by atoms with E-state index in [2.05, 4.69) is 6.92 Å². The maximum absolute atomic E-state index is 13.1. The van der Waals surface area contributed by atoms with Crippen molar-refractivity contribution in [1.29, 1.82) is 0 Å².